The third-order valence-electron chi connectivity index (χ3n) is 2.67. The Hall–Kier alpha value is -1.25. The van der Waals surface area contributed by atoms with Gasteiger partial charge in [-0.05, 0) is 36.5 Å². The third kappa shape index (κ3) is 4.63. The first-order valence-electron chi connectivity index (χ1n) is 5.98. The average molecular weight is 240 g/mol. The minimum atomic E-state index is -0.830. The average Bonchev–Trinajstić information content (AvgIpc) is 2.23. The molecule has 0 amide bonds. The van der Waals surface area contributed by atoms with Crippen molar-refractivity contribution in [1.29, 1.82) is 0 Å². The molecule has 1 aromatic rings. The van der Waals surface area contributed by atoms with Crippen LogP contribution >= 0.6 is 0 Å². The van der Waals surface area contributed by atoms with E-state index in [1.165, 1.54) is 6.07 Å². The number of ketones is 1. The number of Topliss-reactive ketones (excluding diaryl/α,β-unsaturated/α-hetero) is 1. The van der Waals surface area contributed by atoms with E-state index in [0.29, 0.717) is 19.3 Å². The lowest BCUT2D eigenvalue weighted by molar-refractivity contribution is -0.119. The van der Waals surface area contributed by atoms with E-state index in [1.807, 2.05) is 13.8 Å². The molecule has 0 aromatic heterocycles. The van der Waals surface area contributed by atoms with Crippen LogP contribution in [0.2, 0.25) is 0 Å². The molecule has 0 heterocycles. The first-order valence-corrected chi connectivity index (χ1v) is 5.98. The standard InChI is InChI=1S/C14H18F2O/c1-3-4-12(17)8-10(2)7-11-5-6-13(15)14(16)9-11/h5-6,9-10H,3-4,7-8H2,1-2H3. The molecule has 0 bridgehead atoms. The Balaban J connectivity index is 2.53. The van der Waals surface area contributed by atoms with Crippen molar-refractivity contribution in [2.24, 2.45) is 5.92 Å². The maximum absolute atomic E-state index is 13.0. The summed E-state index contributed by atoms with van der Waals surface area (Å²) in [6, 6.07) is 3.90. The van der Waals surface area contributed by atoms with Gasteiger partial charge in [0.1, 0.15) is 5.78 Å². The molecule has 0 saturated carbocycles. The van der Waals surface area contributed by atoms with Crippen molar-refractivity contribution in [2.45, 2.75) is 39.5 Å². The molecule has 0 N–H and O–H groups in total. The zero-order valence-electron chi connectivity index (χ0n) is 10.3. The summed E-state index contributed by atoms with van der Waals surface area (Å²) in [7, 11) is 0. The van der Waals surface area contributed by atoms with Crippen LogP contribution in [-0.2, 0) is 11.2 Å². The molecular weight excluding hydrogens is 222 g/mol. The Kier molecular flexibility index (Phi) is 5.26. The van der Waals surface area contributed by atoms with Crippen LogP contribution in [0, 0.1) is 17.6 Å². The van der Waals surface area contributed by atoms with Crippen LogP contribution in [0.3, 0.4) is 0 Å². The minimum absolute atomic E-state index is 0.166. The number of carbonyl (C=O) groups excluding carboxylic acids is 1. The summed E-state index contributed by atoms with van der Waals surface area (Å²) in [5.41, 5.74) is 0.737. The van der Waals surface area contributed by atoms with Crippen molar-refractivity contribution in [1.82, 2.24) is 0 Å². The van der Waals surface area contributed by atoms with Gasteiger partial charge in [0.25, 0.3) is 0 Å². The monoisotopic (exact) mass is 240 g/mol. The fraction of sp³-hybridized carbons (Fsp3) is 0.500. The molecule has 0 saturated heterocycles. The van der Waals surface area contributed by atoms with E-state index in [2.05, 4.69) is 0 Å². The number of halogens is 2. The Morgan fingerprint density at radius 1 is 1.29 bits per heavy atom. The Morgan fingerprint density at radius 2 is 2.00 bits per heavy atom. The summed E-state index contributed by atoms with van der Waals surface area (Å²) in [6.07, 6.45) is 2.57. The van der Waals surface area contributed by atoms with Crippen molar-refractivity contribution in [3.8, 4) is 0 Å². The molecule has 1 atom stereocenters. The largest absolute Gasteiger partial charge is 0.300 e. The van der Waals surface area contributed by atoms with Gasteiger partial charge in [0.2, 0.25) is 0 Å². The van der Waals surface area contributed by atoms with Crippen molar-refractivity contribution in [3.05, 3.63) is 35.4 Å². The molecule has 3 heteroatoms. The van der Waals surface area contributed by atoms with Gasteiger partial charge < -0.3 is 0 Å². The van der Waals surface area contributed by atoms with Crippen molar-refractivity contribution in [2.75, 3.05) is 0 Å². The summed E-state index contributed by atoms with van der Waals surface area (Å²) in [5.74, 6) is -1.25. The van der Waals surface area contributed by atoms with Crippen LogP contribution in [0.4, 0.5) is 8.78 Å². The Bertz CT molecular complexity index is 388. The zero-order chi connectivity index (χ0) is 12.8. The molecule has 1 rings (SSSR count). The quantitative estimate of drug-likeness (QED) is 0.737. The number of hydrogen-bond acceptors (Lipinski definition) is 1. The van der Waals surface area contributed by atoms with Crippen molar-refractivity contribution >= 4 is 5.78 Å². The zero-order valence-corrected chi connectivity index (χ0v) is 10.3. The fourth-order valence-corrected chi connectivity index (χ4v) is 1.91. The topological polar surface area (TPSA) is 17.1 Å². The maximum Gasteiger partial charge on any atom is 0.159 e. The summed E-state index contributed by atoms with van der Waals surface area (Å²) < 4.78 is 25.7. The van der Waals surface area contributed by atoms with Gasteiger partial charge in [-0.15, -0.1) is 0 Å². The highest BCUT2D eigenvalue weighted by molar-refractivity contribution is 5.78. The SMILES string of the molecule is CCCC(=O)CC(C)Cc1ccc(F)c(F)c1. The van der Waals surface area contributed by atoms with E-state index in [-0.39, 0.29) is 11.7 Å². The summed E-state index contributed by atoms with van der Waals surface area (Å²) >= 11 is 0. The molecular formula is C14H18F2O. The molecule has 1 nitrogen and oxygen atoms in total. The molecule has 0 aliphatic carbocycles. The summed E-state index contributed by atoms with van der Waals surface area (Å²) in [6.45, 7) is 3.92. The second-order valence-electron chi connectivity index (χ2n) is 4.55. The van der Waals surface area contributed by atoms with Gasteiger partial charge in [-0.3, -0.25) is 4.79 Å². The van der Waals surface area contributed by atoms with E-state index in [1.54, 1.807) is 6.07 Å². The van der Waals surface area contributed by atoms with Crippen molar-refractivity contribution in [3.63, 3.8) is 0 Å². The van der Waals surface area contributed by atoms with E-state index >= 15 is 0 Å². The summed E-state index contributed by atoms with van der Waals surface area (Å²) in [4.78, 5) is 11.4. The molecule has 0 radical (unpaired) electrons. The highest BCUT2D eigenvalue weighted by Crippen LogP contribution is 2.16. The molecule has 0 spiro atoms. The molecule has 0 aliphatic rings. The molecule has 1 aromatic carbocycles. The van der Waals surface area contributed by atoms with Gasteiger partial charge in [-0.1, -0.05) is 19.9 Å². The second kappa shape index (κ2) is 6.48. The van der Waals surface area contributed by atoms with Gasteiger partial charge in [0, 0.05) is 12.8 Å². The van der Waals surface area contributed by atoms with Gasteiger partial charge in [0.05, 0.1) is 0 Å². The normalized spacial score (nSPS) is 12.5. The van der Waals surface area contributed by atoms with Crippen LogP contribution < -0.4 is 0 Å². The maximum atomic E-state index is 13.0. The molecule has 94 valence electrons. The highest BCUT2D eigenvalue weighted by Gasteiger charge is 2.10. The van der Waals surface area contributed by atoms with Gasteiger partial charge in [0.15, 0.2) is 11.6 Å². The molecule has 0 aliphatic heterocycles. The van der Waals surface area contributed by atoms with Crippen LogP contribution in [0.5, 0.6) is 0 Å². The number of rotatable bonds is 6. The van der Waals surface area contributed by atoms with Gasteiger partial charge >= 0.3 is 0 Å². The number of hydrogen-bond donors (Lipinski definition) is 0. The minimum Gasteiger partial charge on any atom is -0.300 e. The first kappa shape index (κ1) is 13.8. The summed E-state index contributed by atoms with van der Waals surface area (Å²) in [5, 5.41) is 0. The lowest BCUT2D eigenvalue weighted by Gasteiger charge is -2.10. The highest BCUT2D eigenvalue weighted by atomic mass is 19.2. The Morgan fingerprint density at radius 3 is 2.59 bits per heavy atom. The van der Waals surface area contributed by atoms with Crippen LogP contribution in [-0.4, -0.2) is 5.78 Å². The molecule has 1 unspecified atom stereocenters. The molecule has 17 heavy (non-hydrogen) atoms. The van der Waals surface area contributed by atoms with E-state index in [9.17, 15) is 13.6 Å². The van der Waals surface area contributed by atoms with Crippen molar-refractivity contribution < 1.29 is 13.6 Å². The van der Waals surface area contributed by atoms with Gasteiger partial charge in [-0.2, -0.15) is 0 Å². The van der Waals surface area contributed by atoms with Crippen LogP contribution in [0.25, 0.3) is 0 Å². The van der Waals surface area contributed by atoms with Gasteiger partial charge in [-0.25, -0.2) is 8.78 Å². The van der Waals surface area contributed by atoms with E-state index in [4.69, 9.17) is 0 Å². The second-order valence-corrected chi connectivity index (χ2v) is 4.55. The lowest BCUT2D eigenvalue weighted by Crippen LogP contribution is -2.08. The first-order chi connectivity index (χ1) is 8.02. The molecule has 0 fully saturated rings. The predicted molar refractivity (Wildman–Crippen MR) is 63.8 cm³/mol. The lowest BCUT2D eigenvalue weighted by atomic mass is 9.95. The predicted octanol–water partition coefficient (Wildman–Crippen LogP) is 3.90. The van der Waals surface area contributed by atoms with Crippen LogP contribution in [0.15, 0.2) is 18.2 Å². The Labute approximate surface area is 101 Å². The van der Waals surface area contributed by atoms with E-state index < -0.39 is 11.6 Å². The third-order valence-corrected chi connectivity index (χ3v) is 2.67. The van der Waals surface area contributed by atoms with Crippen LogP contribution in [0.1, 0.15) is 38.7 Å². The number of carbonyl (C=O) groups is 1. The smallest absolute Gasteiger partial charge is 0.159 e. The number of benzene rings is 1. The van der Waals surface area contributed by atoms with E-state index in [0.717, 1.165) is 18.1 Å². The fourth-order valence-electron chi connectivity index (χ4n) is 1.91.